The average Bonchev–Trinajstić information content (AvgIpc) is 3.30. The summed E-state index contributed by atoms with van der Waals surface area (Å²) in [6, 6.07) is 9.95. The molecule has 1 fully saturated rings. The Bertz CT molecular complexity index is 462. The lowest BCUT2D eigenvalue weighted by Crippen LogP contribution is -2.50. The summed E-state index contributed by atoms with van der Waals surface area (Å²) in [5, 5.41) is 12.8. The topological polar surface area (TPSA) is 54.3 Å². The minimum absolute atomic E-state index is 0.385. The van der Waals surface area contributed by atoms with Gasteiger partial charge in [-0.25, -0.2) is 0 Å². The molecule has 20 heavy (non-hydrogen) atoms. The van der Waals surface area contributed by atoms with Crippen molar-refractivity contribution in [3.05, 3.63) is 24.3 Å². The van der Waals surface area contributed by atoms with E-state index in [0.717, 1.165) is 30.9 Å². The molecule has 0 aliphatic heterocycles. The molecule has 4 nitrogen and oxygen atoms in total. The molecule has 1 aliphatic carbocycles. The third kappa shape index (κ3) is 3.43. The molecular weight excluding hydrogens is 252 g/mol. The largest absolute Gasteiger partial charge is 0.494 e. The highest BCUT2D eigenvalue weighted by molar-refractivity contribution is 5.31. The number of nitrogens with one attached hydrogen (secondary N) is 1. The lowest BCUT2D eigenvalue weighted by atomic mass is 9.96. The first-order valence-corrected chi connectivity index (χ1v) is 7.26. The van der Waals surface area contributed by atoms with Gasteiger partial charge in [0.15, 0.2) is 0 Å². The predicted molar refractivity (Wildman–Crippen MR) is 77.9 cm³/mol. The zero-order valence-electron chi connectivity index (χ0n) is 12.2. The van der Waals surface area contributed by atoms with Crippen LogP contribution in [-0.2, 0) is 0 Å². The molecular formula is C16H22N2O2. The first kappa shape index (κ1) is 14.7. The number of likely N-dealkylation sites (N-methyl/N-ethyl adjacent to an activating group) is 1. The van der Waals surface area contributed by atoms with Crippen LogP contribution in [0.5, 0.6) is 11.5 Å². The summed E-state index contributed by atoms with van der Waals surface area (Å²) in [6.45, 7) is 5.79. The van der Waals surface area contributed by atoms with E-state index in [1.54, 1.807) is 0 Å². The van der Waals surface area contributed by atoms with Gasteiger partial charge in [0.2, 0.25) is 0 Å². The van der Waals surface area contributed by atoms with E-state index in [9.17, 15) is 5.26 Å². The summed E-state index contributed by atoms with van der Waals surface area (Å²) < 4.78 is 11.2. The zero-order valence-corrected chi connectivity index (χ0v) is 12.2. The Kier molecular flexibility index (Phi) is 4.86. The van der Waals surface area contributed by atoms with Gasteiger partial charge in [0, 0.05) is 0 Å². The summed E-state index contributed by atoms with van der Waals surface area (Å²) in [5.74, 6) is 2.02. The third-order valence-electron chi connectivity index (χ3n) is 3.57. The number of ether oxygens (including phenoxy) is 2. The Balaban J connectivity index is 1.97. The SMILES string of the molecule is CCNC(C#N)(COc1ccc(OCC)cc1)C1CC1. The first-order chi connectivity index (χ1) is 9.74. The fourth-order valence-electron chi connectivity index (χ4n) is 2.36. The summed E-state index contributed by atoms with van der Waals surface area (Å²) >= 11 is 0. The van der Waals surface area contributed by atoms with Gasteiger partial charge in [-0.1, -0.05) is 6.92 Å². The van der Waals surface area contributed by atoms with Crippen LogP contribution in [0.25, 0.3) is 0 Å². The highest BCUT2D eigenvalue weighted by atomic mass is 16.5. The Morgan fingerprint density at radius 3 is 2.25 bits per heavy atom. The Hall–Kier alpha value is -1.73. The summed E-state index contributed by atoms with van der Waals surface area (Å²) in [4.78, 5) is 0. The van der Waals surface area contributed by atoms with Gasteiger partial charge in [-0.2, -0.15) is 5.26 Å². The van der Waals surface area contributed by atoms with E-state index >= 15 is 0 Å². The van der Waals surface area contributed by atoms with Crippen molar-refractivity contribution in [2.75, 3.05) is 19.8 Å². The van der Waals surface area contributed by atoms with Crippen molar-refractivity contribution < 1.29 is 9.47 Å². The van der Waals surface area contributed by atoms with E-state index in [0.29, 0.717) is 19.1 Å². The van der Waals surface area contributed by atoms with Crippen LogP contribution in [0.3, 0.4) is 0 Å². The van der Waals surface area contributed by atoms with Crippen LogP contribution in [0.2, 0.25) is 0 Å². The highest BCUT2D eigenvalue weighted by Gasteiger charge is 2.46. The molecule has 1 aliphatic rings. The average molecular weight is 274 g/mol. The number of hydrogen-bond acceptors (Lipinski definition) is 4. The summed E-state index contributed by atoms with van der Waals surface area (Å²) in [5.41, 5.74) is -0.548. The van der Waals surface area contributed by atoms with Crippen molar-refractivity contribution in [1.82, 2.24) is 5.32 Å². The normalized spacial score (nSPS) is 17.1. The van der Waals surface area contributed by atoms with Gasteiger partial charge < -0.3 is 9.47 Å². The molecule has 0 heterocycles. The molecule has 1 aromatic carbocycles. The molecule has 1 N–H and O–H groups in total. The second-order valence-electron chi connectivity index (χ2n) is 5.08. The van der Waals surface area contributed by atoms with Crippen molar-refractivity contribution in [2.45, 2.75) is 32.2 Å². The van der Waals surface area contributed by atoms with Crippen LogP contribution < -0.4 is 14.8 Å². The van der Waals surface area contributed by atoms with Crippen molar-refractivity contribution >= 4 is 0 Å². The van der Waals surface area contributed by atoms with Gasteiger partial charge in [0.05, 0.1) is 12.7 Å². The maximum absolute atomic E-state index is 9.50. The molecule has 0 bridgehead atoms. The fourth-order valence-corrected chi connectivity index (χ4v) is 2.36. The Morgan fingerprint density at radius 1 is 1.20 bits per heavy atom. The fraction of sp³-hybridized carbons (Fsp3) is 0.562. The third-order valence-corrected chi connectivity index (χ3v) is 3.57. The quantitative estimate of drug-likeness (QED) is 0.792. The highest BCUT2D eigenvalue weighted by Crippen LogP contribution is 2.39. The molecule has 108 valence electrons. The minimum atomic E-state index is -0.548. The zero-order chi connectivity index (χ0) is 14.4. The van der Waals surface area contributed by atoms with E-state index in [1.807, 2.05) is 38.1 Å². The standard InChI is InChI=1S/C16H22N2O2/c1-3-18-16(11-17,13-5-6-13)12-20-15-9-7-14(8-10-15)19-4-2/h7-10,13,18H,3-6,12H2,1-2H3. The molecule has 1 aromatic rings. The molecule has 0 saturated heterocycles. The molecule has 0 spiro atoms. The molecule has 1 atom stereocenters. The van der Waals surface area contributed by atoms with Crippen LogP contribution in [0, 0.1) is 17.2 Å². The van der Waals surface area contributed by atoms with Gasteiger partial charge in [-0.15, -0.1) is 0 Å². The van der Waals surface area contributed by atoms with Crippen molar-refractivity contribution in [1.29, 1.82) is 5.26 Å². The van der Waals surface area contributed by atoms with E-state index in [4.69, 9.17) is 9.47 Å². The van der Waals surface area contributed by atoms with Gasteiger partial charge >= 0.3 is 0 Å². The van der Waals surface area contributed by atoms with E-state index in [2.05, 4.69) is 11.4 Å². The lowest BCUT2D eigenvalue weighted by molar-refractivity contribution is 0.204. The first-order valence-electron chi connectivity index (χ1n) is 7.26. The van der Waals surface area contributed by atoms with Gasteiger partial charge in [-0.3, -0.25) is 5.32 Å². The lowest BCUT2D eigenvalue weighted by Gasteiger charge is -2.27. The van der Waals surface area contributed by atoms with Crippen molar-refractivity contribution in [3.63, 3.8) is 0 Å². The summed E-state index contributed by atoms with van der Waals surface area (Å²) in [6.07, 6.45) is 2.21. The smallest absolute Gasteiger partial charge is 0.143 e. The molecule has 1 unspecified atom stereocenters. The Labute approximate surface area is 120 Å². The van der Waals surface area contributed by atoms with Crippen LogP contribution >= 0.6 is 0 Å². The van der Waals surface area contributed by atoms with E-state index in [1.165, 1.54) is 0 Å². The number of benzene rings is 1. The van der Waals surface area contributed by atoms with Gasteiger partial charge in [0.25, 0.3) is 0 Å². The molecule has 0 amide bonds. The number of nitrogens with zero attached hydrogens (tertiary/aromatic N) is 1. The van der Waals surface area contributed by atoms with Crippen LogP contribution in [0.15, 0.2) is 24.3 Å². The predicted octanol–water partition coefficient (Wildman–Crippen LogP) is 2.75. The number of nitriles is 1. The van der Waals surface area contributed by atoms with Crippen molar-refractivity contribution in [3.8, 4) is 17.6 Å². The van der Waals surface area contributed by atoms with E-state index < -0.39 is 5.54 Å². The van der Waals surface area contributed by atoms with E-state index in [-0.39, 0.29) is 0 Å². The number of hydrogen-bond donors (Lipinski definition) is 1. The molecule has 2 rings (SSSR count). The maximum Gasteiger partial charge on any atom is 0.143 e. The maximum atomic E-state index is 9.50. The second-order valence-corrected chi connectivity index (χ2v) is 5.08. The second kappa shape index (κ2) is 6.62. The molecule has 0 radical (unpaired) electrons. The van der Waals surface area contributed by atoms with Crippen molar-refractivity contribution in [2.24, 2.45) is 5.92 Å². The van der Waals surface area contributed by atoms with Crippen LogP contribution in [-0.4, -0.2) is 25.3 Å². The Morgan fingerprint density at radius 2 is 1.80 bits per heavy atom. The minimum Gasteiger partial charge on any atom is -0.494 e. The van der Waals surface area contributed by atoms with Crippen LogP contribution in [0.1, 0.15) is 26.7 Å². The summed E-state index contributed by atoms with van der Waals surface area (Å²) in [7, 11) is 0. The molecule has 0 aromatic heterocycles. The van der Waals surface area contributed by atoms with Gasteiger partial charge in [0.1, 0.15) is 23.6 Å². The molecule has 1 saturated carbocycles. The molecule has 4 heteroatoms. The monoisotopic (exact) mass is 274 g/mol. The van der Waals surface area contributed by atoms with Gasteiger partial charge in [-0.05, 0) is 56.5 Å². The van der Waals surface area contributed by atoms with Crippen LogP contribution in [0.4, 0.5) is 0 Å². The number of rotatable bonds is 8.